The molecular weight excluding hydrogens is 495 g/mol. The minimum Gasteiger partial charge on any atom is -0.325 e. The van der Waals surface area contributed by atoms with Gasteiger partial charge in [0, 0.05) is 29.3 Å². The van der Waals surface area contributed by atoms with E-state index < -0.39 is 5.91 Å². The van der Waals surface area contributed by atoms with Crippen molar-refractivity contribution in [2.75, 3.05) is 29.9 Å². The fourth-order valence-electron chi connectivity index (χ4n) is 3.89. The highest BCUT2D eigenvalue weighted by Crippen LogP contribution is 2.29. The smallest absolute Gasteiger partial charge is 0.247 e. The van der Waals surface area contributed by atoms with Crippen molar-refractivity contribution in [3.8, 4) is 5.69 Å². The van der Waals surface area contributed by atoms with Gasteiger partial charge < -0.3 is 10.2 Å². The number of nitrogens with zero attached hydrogens (tertiary/aromatic N) is 7. The number of nitrogens with one attached hydrogen (secondary N) is 1. The quantitative estimate of drug-likeness (QED) is 0.438. The van der Waals surface area contributed by atoms with Crippen molar-refractivity contribution in [3.05, 3.63) is 59.0 Å². The predicted molar refractivity (Wildman–Crippen MR) is 130 cm³/mol. The number of aryl methyl sites for hydroxylation is 1. The number of amides is 3. The number of hydrogen-bond acceptors (Lipinski definition) is 6. The van der Waals surface area contributed by atoms with E-state index >= 15 is 0 Å². The molecule has 0 atom stereocenters. The molecule has 2 aromatic carbocycles. The van der Waals surface area contributed by atoms with Crippen molar-refractivity contribution < 1.29 is 14.4 Å². The molecule has 1 aliphatic heterocycles. The summed E-state index contributed by atoms with van der Waals surface area (Å²) >= 11 is 12.0. The van der Waals surface area contributed by atoms with Crippen LogP contribution in [0.3, 0.4) is 0 Å². The van der Waals surface area contributed by atoms with Crippen LogP contribution in [-0.4, -0.2) is 67.0 Å². The number of piperazine rings is 1. The number of fused-ring (bicyclic) bond motifs is 1. The number of rotatable bonds is 5. The Morgan fingerprint density at radius 2 is 1.86 bits per heavy atom. The molecule has 1 fully saturated rings. The van der Waals surface area contributed by atoms with Crippen LogP contribution in [0.2, 0.25) is 10.2 Å². The molecule has 178 valence electrons. The molecule has 0 aliphatic carbocycles. The summed E-state index contributed by atoms with van der Waals surface area (Å²) in [5, 5.41) is 16.2. The second kappa shape index (κ2) is 9.01. The van der Waals surface area contributed by atoms with Gasteiger partial charge in [0.25, 0.3) is 0 Å². The molecule has 0 saturated carbocycles. The monoisotopic (exact) mass is 512 g/mol. The molecule has 5 rings (SSSR count). The van der Waals surface area contributed by atoms with Gasteiger partial charge >= 0.3 is 0 Å². The van der Waals surface area contributed by atoms with E-state index in [1.807, 2.05) is 13.2 Å². The Hall–Kier alpha value is -3.96. The third-order valence-electron chi connectivity index (χ3n) is 5.45. The van der Waals surface area contributed by atoms with Crippen molar-refractivity contribution in [2.45, 2.75) is 0 Å². The van der Waals surface area contributed by atoms with Crippen LogP contribution in [0.5, 0.6) is 0 Å². The SMILES string of the molecule is Cn1cc2cc(NC(=O)CN3CC(=O)N(c4cc(Cl)ccc4-n4cc(Cl)nn4)CC3=O)ccc2n1. The zero-order chi connectivity index (χ0) is 24.7. The zero-order valence-corrected chi connectivity index (χ0v) is 19.9. The molecule has 1 saturated heterocycles. The van der Waals surface area contributed by atoms with Crippen LogP contribution >= 0.6 is 23.2 Å². The van der Waals surface area contributed by atoms with E-state index in [1.54, 1.807) is 41.1 Å². The number of carbonyl (C=O) groups excluding carboxylic acids is 3. The van der Waals surface area contributed by atoms with Gasteiger partial charge in [0.05, 0.1) is 23.1 Å². The molecule has 35 heavy (non-hydrogen) atoms. The molecule has 0 radical (unpaired) electrons. The van der Waals surface area contributed by atoms with Crippen LogP contribution in [0, 0.1) is 0 Å². The highest BCUT2D eigenvalue weighted by Gasteiger charge is 2.33. The normalized spacial score (nSPS) is 14.1. The van der Waals surface area contributed by atoms with E-state index in [-0.39, 0.29) is 36.6 Å². The number of benzene rings is 2. The largest absolute Gasteiger partial charge is 0.325 e. The zero-order valence-electron chi connectivity index (χ0n) is 18.4. The van der Waals surface area contributed by atoms with Crippen LogP contribution < -0.4 is 10.2 Å². The number of carbonyl (C=O) groups is 3. The topological polar surface area (TPSA) is 118 Å². The Morgan fingerprint density at radius 3 is 2.63 bits per heavy atom. The fourth-order valence-corrected chi connectivity index (χ4v) is 4.18. The Labute approximate surface area is 208 Å². The van der Waals surface area contributed by atoms with E-state index in [0.717, 1.165) is 10.9 Å². The summed E-state index contributed by atoms with van der Waals surface area (Å²) in [7, 11) is 1.81. The van der Waals surface area contributed by atoms with Gasteiger partial charge in [-0.1, -0.05) is 28.4 Å². The molecule has 3 heterocycles. The van der Waals surface area contributed by atoms with Gasteiger partial charge in [0.15, 0.2) is 5.15 Å². The highest BCUT2D eigenvalue weighted by atomic mass is 35.5. The number of aromatic nitrogens is 5. The lowest BCUT2D eigenvalue weighted by atomic mass is 10.2. The first-order valence-corrected chi connectivity index (χ1v) is 11.2. The first-order chi connectivity index (χ1) is 16.8. The maximum atomic E-state index is 13.0. The molecule has 2 aromatic heterocycles. The van der Waals surface area contributed by atoms with Gasteiger partial charge in [-0.25, -0.2) is 4.68 Å². The van der Waals surface area contributed by atoms with E-state index in [1.165, 1.54) is 20.7 Å². The third kappa shape index (κ3) is 4.68. The molecule has 1 aliphatic rings. The fraction of sp³-hybridized carbons (Fsp3) is 0.182. The Kier molecular flexibility index (Phi) is 5.87. The lowest BCUT2D eigenvalue weighted by Gasteiger charge is -2.34. The van der Waals surface area contributed by atoms with E-state index in [0.29, 0.717) is 22.1 Å². The molecular formula is C22H18Cl2N8O3. The minimum absolute atomic E-state index is 0.173. The van der Waals surface area contributed by atoms with Gasteiger partial charge in [-0.3, -0.25) is 24.0 Å². The summed E-state index contributed by atoms with van der Waals surface area (Å²) in [6.45, 7) is -0.786. The summed E-state index contributed by atoms with van der Waals surface area (Å²) < 4.78 is 3.08. The summed E-state index contributed by atoms with van der Waals surface area (Å²) in [6, 6.07) is 10.2. The molecule has 0 unspecified atom stereocenters. The average Bonchev–Trinajstić information content (AvgIpc) is 3.40. The summed E-state index contributed by atoms with van der Waals surface area (Å²) in [5.74, 6) is -1.17. The maximum Gasteiger partial charge on any atom is 0.247 e. The van der Waals surface area contributed by atoms with Gasteiger partial charge in [-0.15, -0.1) is 5.10 Å². The molecule has 11 nitrogen and oxygen atoms in total. The third-order valence-corrected chi connectivity index (χ3v) is 5.86. The summed E-state index contributed by atoms with van der Waals surface area (Å²) in [6.07, 6.45) is 3.31. The number of anilines is 2. The van der Waals surface area contributed by atoms with Crippen LogP contribution in [0.1, 0.15) is 0 Å². The molecule has 0 bridgehead atoms. The van der Waals surface area contributed by atoms with Crippen LogP contribution in [0.15, 0.2) is 48.8 Å². The van der Waals surface area contributed by atoms with Crippen molar-refractivity contribution in [1.29, 1.82) is 0 Å². The van der Waals surface area contributed by atoms with Gasteiger partial charge in [-0.2, -0.15) is 5.10 Å². The molecule has 1 N–H and O–H groups in total. The molecule has 13 heteroatoms. The lowest BCUT2D eigenvalue weighted by molar-refractivity contribution is -0.140. The Balaban J connectivity index is 1.30. The van der Waals surface area contributed by atoms with Crippen molar-refractivity contribution in [1.82, 2.24) is 29.7 Å². The Morgan fingerprint density at radius 1 is 1.03 bits per heavy atom. The molecule has 3 amide bonds. The lowest BCUT2D eigenvalue weighted by Crippen LogP contribution is -2.55. The second-order valence-electron chi connectivity index (χ2n) is 7.97. The first-order valence-electron chi connectivity index (χ1n) is 10.5. The van der Waals surface area contributed by atoms with Crippen LogP contribution in [0.25, 0.3) is 16.6 Å². The Bertz CT molecular complexity index is 1480. The first kappa shape index (κ1) is 22.8. The van der Waals surface area contributed by atoms with Crippen molar-refractivity contribution in [3.63, 3.8) is 0 Å². The van der Waals surface area contributed by atoms with Crippen LogP contribution in [-0.2, 0) is 21.4 Å². The second-order valence-corrected chi connectivity index (χ2v) is 8.80. The van der Waals surface area contributed by atoms with Crippen LogP contribution in [0.4, 0.5) is 11.4 Å². The highest BCUT2D eigenvalue weighted by molar-refractivity contribution is 6.31. The van der Waals surface area contributed by atoms with Crippen molar-refractivity contribution >= 4 is 63.2 Å². The standard InChI is InChI=1S/C22H18Cl2N8O3/c1-29-8-13-6-15(3-4-16(13)27-29)25-20(33)10-30-11-22(35)31(12-21(30)34)18-7-14(23)2-5-17(18)32-9-19(24)26-28-32/h2-9H,10-12H2,1H3,(H,25,33). The van der Waals surface area contributed by atoms with Gasteiger partial charge in [0.2, 0.25) is 17.7 Å². The number of halogens is 2. The maximum absolute atomic E-state index is 13.0. The summed E-state index contributed by atoms with van der Waals surface area (Å²) in [4.78, 5) is 41.0. The van der Waals surface area contributed by atoms with Gasteiger partial charge in [-0.05, 0) is 36.4 Å². The minimum atomic E-state index is -0.413. The van der Waals surface area contributed by atoms with Crippen molar-refractivity contribution in [2.24, 2.45) is 7.05 Å². The predicted octanol–water partition coefficient (Wildman–Crippen LogP) is 2.27. The van der Waals surface area contributed by atoms with E-state index in [2.05, 4.69) is 20.7 Å². The van der Waals surface area contributed by atoms with E-state index in [9.17, 15) is 14.4 Å². The summed E-state index contributed by atoms with van der Waals surface area (Å²) in [5.41, 5.74) is 2.23. The van der Waals surface area contributed by atoms with E-state index in [4.69, 9.17) is 23.2 Å². The molecule has 4 aromatic rings. The molecule has 0 spiro atoms. The number of hydrogen-bond donors (Lipinski definition) is 1. The van der Waals surface area contributed by atoms with Gasteiger partial charge in [0.1, 0.15) is 19.6 Å². The average molecular weight is 513 g/mol.